The number of fused-ring (bicyclic) bond motifs is 4. The van der Waals surface area contributed by atoms with Gasteiger partial charge in [0.1, 0.15) is 33.6 Å². The molecule has 6 nitrogen and oxygen atoms in total. The molecule has 0 bridgehead atoms. The number of hydrogen-bond donors (Lipinski definition) is 1. The summed E-state index contributed by atoms with van der Waals surface area (Å²) in [6, 6.07) is 9.86. The second-order valence-corrected chi connectivity index (χ2v) is 7.32. The minimum atomic E-state index is -0.782. The molecule has 0 saturated heterocycles. The fourth-order valence-electron chi connectivity index (χ4n) is 3.67. The molecule has 0 fully saturated rings. The smallest absolute Gasteiger partial charge is 0.348 e. The van der Waals surface area contributed by atoms with Crippen molar-refractivity contribution in [3.05, 3.63) is 73.6 Å². The molecular formula is C22H13ClO6. The van der Waals surface area contributed by atoms with Gasteiger partial charge < -0.3 is 18.4 Å². The number of aryl methyl sites for hydroxylation is 2. The molecule has 0 atom stereocenters. The molecule has 5 aromatic rings. The molecule has 3 heterocycles. The van der Waals surface area contributed by atoms with Crippen molar-refractivity contribution in [2.75, 3.05) is 0 Å². The van der Waals surface area contributed by atoms with Crippen LogP contribution in [0.3, 0.4) is 0 Å². The minimum absolute atomic E-state index is 0.0480. The van der Waals surface area contributed by atoms with Gasteiger partial charge in [-0.15, -0.1) is 0 Å². The quantitative estimate of drug-likeness (QED) is 0.379. The number of rotatable bonds is 1. The first-order chi connectivity index (χ1) is 13.8. The van der Waals surface area contributed by atoms with E-state index in [0.29, 0.717) is 21.4 Å². The molecule has 0 saturated carbocycles. The fourth-order valence-corrected chi connectivity index (χ4v) is 3.84. The summed E-state index contributed by atoms with van der Waals surface area (Å²) in [5.41, 5.74) is 0.184. The molecule has 0 aliphatic heterocycles. The van der Waals surface area contributed by atoms with Crippen LogP contribution in [0.2, 0.25) is 5.02 Å². The van der Waals surface area contributed by atoms with Crippen LogP contribution >= 0.6 is 11.6 Å². The molecule has 0 amide bonds. The normalized spacial score (nSPS) is 11.7. The van der Waals surface area contributed by atoms with E-state index in [1.54, 1.807) is 43.3 Å². The maximum absolute atomic E-state index is 12.8. The third-order valence-electron chi connectivity index (χ3n) is 4.96. The van der Waals surface area contributed by atoms with Crippen LogP contribution in [0.1, 0.15) is 11.3 Å². The Morgan fingerprint density at radius 3 is 2.31 bits per heavy atom. The van der Waals surface area contributed by atoms with Crippen molar-refractivity contribution in [1.82, 2.24) is 0 Å². The van der Waals surface area contributed by atoms with Crippen molar-refractivity contribution < 1.29 is 18.4 Å². The lowest BCUT2D eigenvalue weighted by Crippen LogP contribution is -2.07. The monoisotopic (exact) mass is 408 g/mol. The van der Waals surface area contributed by atoms with Gasteiger partial charge in [-0.05, 0) is 44.2 Å². The maximum atomic E-state index is 12.8. The summed E-state index contributed by atoms with van der Waals surface area (Å²) < 4.78 is 16.6. The zero-order valence-electron chi connectivity index (χ0n) is 15.3. The van der Waals surface area contributed by atoms with E-state index in [2.05, 4.69) is 0 Å². The van der Waals surface area contributed by atoms with Crippen LogP contribution in [0.5, 0.6) is 5.75 Å². The summed E-state index contributed by atoms with van der Waals surface area (Å²) >= 11 is 6.09. The van der Waals surface area contributed by atoms with Crippen LogP contribution in [-0.4, -0.2) is 5.11 Å². The highest BCUT2D eigenvalue weighted by atomic mass is 35.5. The molecule has 5 rings (SSSR count). The molecule has 29 heavy (non-hydrogen) atoms. The summed E-state index contributed by atoms with van der Waals surface area (Å²) in [6.45, 7) is 3.46. The Labute approximate surface area is 167 Å². The number of benzene rings is 2. The number of aromatic hydroxyl groups is 1. The molecular weight excluding hydrogens is 396 g/mol. The average Bonchev–Trinajstić information content (AvgIpc) is 3.01. The van der Waals surface area contributed by atoms with Gasteiger partial charge >= 0.3 is 11.3 Å². The molecule has 7 heteroatoms. The lowest BCUT2D eigenvalue weighted by molar-refractivity contribution is 0.470. The van der Waals surface area contributed by atoms with E-state index in [9.17, 15) is 14.7 Å². The van der Waals surface area contributed by atoms with Crippen molar-refractivity contribution in [3.8, 4) is 16.9 Å². The van der Waals surface area contributed by atoms with E-state index in [0.717, 1.165) is 5.56 Å². The third kappa shape index (κ3) is 2.49. The number of halogens is 1. The van der Waals surface area contributed by atoms with E-state index in [1.165, 1.54) is 0 Å². The fraction of sp³-hybridized carbons (Fsp3) is 0.0909. The van der Waals surface area contributed by atoms with Gasteiger partial charge in [-0.25, -0.2) is 9.59 Å². The number of hydrogen-bond acceptors (Lipinski definition) is 6. The Morgan fingerprint density at radius 1 is 0.828 bits per heavy atom. The molecule has 2 aromatic carbocycles. The predicted molar refractivity (Wildman–Crippen MR) is 110 cm³/mol. The first-order valence-corrected chi connectivity index (χ1v) is 9.15. The molecule has 1 N–H and O–H groups in total. The Bertz CT molecular complexity index is 1590. The van der Waals surface area contributed by atoms with E-state index in [4.69, 9.17) is 24.9 Å². The van der Waals surface area contributed by atoms with Crippen molar-refractivity contribution in [2.45, 2.75) is 13.8 Å². The van der Waals surface area contributed by atoms with Gasteiger partial charge in [0.25, 0.3) is 0 Å². The molecule has 0 unspecified atom stereocenters. The van der Waals surface area contributed by atoms with Crippen LogP contribution in [0.25, 0.3) is 44.0 Å². The van der Waals surface area contributed by atoms with Gasteiger partial charge in [0.15, 0.2) is 5.58 Å². The van der Waals surface area contributed by atoms with Crippen LogP contribution in [-0.2, 0) is 0 Å². The summed E-state index contributed by atoms with van der Waals surface area (Å²) in [4.78, 5) is 25.5. The lowest BCUT2D eigenvalue weighted by Gasteiger charge is -2.07. The third-order valence-corrected chi connectivity index (χ3v) is 5.20. The largest absolute Gasteiger partial charge is 0.506 e. The second kappa shape index (κ2) is 5.99. The highest BCUT2D eigenvalue weighted by Gasteiger charge is 2.26. The highest BCUT2D eigenvalue weighted by Crippen LogP contribution is 2.41. The summed E-state index contributed by atoms with van der Waals surface area (Å²) in [7, 11) is 0. The highest BCUT2D eigenvalue weighted by molar-refractivity contribution is 6.31. The van der Waals surface area contributed by atoms with Crippen molar-refractivity contribution in [3.63, 3.8) is 0 Å². The van der Waals surface area contributed by atoms with Gasteiger partial charge in [-0.2, -0.15) is 0 Å². The van der Waals surface area contributed by atoms with Crippen molar-refractivity contribution in [1.29, 1.82) is 0 Å². The van der Waals surface area contributed by atoms with Gasteiger partial charge in [0.05, 0.1) is 10.8 Å². The van der Waals surface area contributed by atoms with E-state index < -0.39 is 11.3 Å². The maximum Gasteiger partial charge on any atom is 0.348 e. The van der Waals surface area contributed by atoms with E-state index >= 15 is 0 Å². The van der Waals surface area contributed by atoms with Gasteiger partial charge in [0, 0.05) is 10.6 Å². The van der Waals surface area contributed by atoms with E-state index in [-0.39, 0.29) is 39.2 Å². The molecule has 0 aliphatic carbocycles. The van der Waals surface area contributed by atoms with Crippen molar-refractivity contribution >= 4 is 44.5 Å². The Hall–Kier alpha value is -3.51. The Balaban J connectivity index is 1.98. The standard InChI is InChI=1S/C22H13ClO6/c1-9-3-5-14-12(7-9)19(24)17(21(25)28-14)16-10(2)27-20-13-8-11(23)4-6-15(13)29-22(26)18(16)20/h3-8,24H,1-2H3. The first kappa shape index (κ1) is 17.6. The molecule has 3 aromatic heterocycles. The first-order valence-electron chi connectivity index (χ1n) is 8.77. The average molecular weight is 409 g/mol. The summed E-state index contributed by atoms with van der Waals surface area (Å²) in [5, 5.41) is 12.2. The summed E-state index contributed by atoms with van der Waals surface area (Å²) in [6.07, 6.45) is 0. The van der Waals surface area contributed by atoms with Crippen molar-refractivity contribution in [2.24, 2.45) is 0 Å². The SMILES string of the molecule is Cc1ccc2oc(=O)c(-c3c(C)oc4c3c(=O)oc3ccc(Cl)cc34)c(O)c2c1. The van der Waals surface area contributed by atoms with Crippen LogP contribution in [0, 0.1) is 13.8 Å². The Morgan fingerprint density at radius 2 is 1.52 bits per heavy atom. The minimum Gasteiger partial charge on any atom is -0.506 e. The lowest BCUT2D eigenvalue weighted by atomic mass is 10.0. The summed E-state index contributed by atoms with van der Waals surface area (Å²) in [5.74, 6) is -0.00859. The second-order valence-electron chi connectivity index (χ2n) is 6.88. The van der Waals surface area contributed by atoms with Crippen LogP contribution in [0.4, 0.5) is 0 Å². The number of furan rings is 1. The molecule has 0 radical (unpaired) electrons. The topological polar surface area (TPSA) is 93.8 Å². The predicted octanol–water partition coefficient (Wildman–Crippen LogP) is 5.29. The van der Waals surface area contributed by atoms with Gasteiger partial charge in [-0.1, -0.05) is 23.2 Å². The molecule has 0 spiro atoms. The Kier molecular flexibility index (Phi) is 3.63. The van der Waals surface area contributed by atoms with Crippen LogP contribution in [0.15, 0.2) is 59.2 Å². The zero-order chi connectivity index (χ0) is 20.4. The van der Waals surface area contributed by atoms with E-state index in [1.807, 2.05) is 6.92 Å². The van der Waals surface area contributed by atoms with Gasteiger partial charge in [0.2, 0.25) is 0 Å². The molecule has 144 valence electrons. The zero-order valence-corrected chi connectivity index (χ0v) is 16.1. The van der Waals surface area contributed by atoms with Gasteiger partial charge in [-0.3, -0.25) is 0 Å². The molecule has 0 aliphatic rings. The van der Waals surface area contributed by atoms with Crippen LogP contribution < -0.4 is 11.3 Å².